The topological polar surface area (TPSA) is 34.0 Å². The van der Waals surface area contributed by atoms with Crippen LogP contribution in [-0.2, 0) is 6.54 Å². The Morgan fingerprint density at radius 1 is 1.32 bits per heavy atom. The molecule has 22 heavy (non-hydrogen) atoms. The lowest BCUT2D eigenvalue weighted by molar-refractivity contribution is 0.167. The van der Waals surface area contributed by atoms with Crippen molar-refractivity contribution in [1.82, 2.24) is 19.4 Å². The van der Waals surface area contributed by atoms with E-state index in [0.717, 1.165) is 17.7 Å². The minimum atomic E-state index is 0.605. The zero-order chi connectivity index (χ0) is 14.9. The first-order chi connectivity index (χ1) is 10.8. The van der Waals surface area contributed by atoms with E-state index in [0.29, 0.717) is 12.0 Å². The maximum absolute atomic E-state index is 4.95. The van der Waals surface area contributed by atoms with Crippen LogP contribution in [0.1, 0.15) is 37.4 Å². The van der Waals surface area contributed by atoms with Gasteiger partial charge in [-0.2, -0.15) is 11.8 Å². The Bertz CT molecular complexity index is 647. The lowest BCUT2D eigenvalue weighted by Crippen LogP contribution is -2.39. The van der Waals surface area contributed by atoms with Crippen molar-refractivity contribution in [2.45, 2.75) is 44.2 Å². The van der Waals surface area contributed by atoms with Crippen LogP contribution >= 0.6 is 11.8 Å². The SMILES string of the molecule is CN1CCCCC1Cn1c(C2CCSC2)nc2cccnc21. The van der Waals surface area contributed by atoms with Crippen molar-refractivity contribution in [2.75, 3.05) is 25.1 Å². The molecule has 0 radical (unpaired) electrons. The van der Waals surface area contributed by atoms with Crippen molar-refractivity contribution in [3.8, 4) is 0 Å². The van der Waals surface area contributed by atoms with Gasteiger partial charge < -0.3 is 9.47 Å². The lowest BCUT2D eigenvalue weighted by Gasteiger charge is -2.33. The van der Waals surface area contributed by atoms with Gasteiger partial charge in [0.05, 0.1) is 0 Å². The molecule has 4 rings (SSSR count). The van der Waals surface area contributed by atoms with Crippen LogP contribution in [0.2, 0.25) is 0 Å². The number of nitrogens with zero attached hydrogens (tertiary/aromatic N) is 4. The molecule has 4 heterocycles. The van der Waals surface area contributed by atoms with Gasteiger partial charge in [0.1, 0.15) is 11.3 Å². The molecule has 4 nitrogen and oxygen atoms in total. The molecule has 2 aliphatic heterocycles. The molecule has 2 saturated heterocycles. The second-order valence-electron chi connectivity index (χ2n) is 6.62. The van der Waals surface area contributed by atoms with Crippen LogP contribution < -0.4 is 0 Å². The van der Waals surface area contributed by atoms with E-state index in [1.807, 2.05) is 12.3 Å². The maximum atomic E-state index is 4.95. The van der Waals surface area contributed by atoms with E-state index >= 15 is 0 Å². The number of likely N-dealkylation sites (tertiary alicyclic amines) is 1. The smallest absolute Gasteiger partial charge is 0.160 e. The Labute approximate surface area is 136 Å². The van der Waals surface area contributed by atoms with Crippen LogP contribution in [0.3, 0.4) is 0 Å². The minimum Gasteiger partial charge on any atom is -0.311 e. The van der Waals surface area contributed by atoms with Crippen LogP contribution in [0, 0.1) is 0 Å². The summed E-state index contributed by atoms with van der Waals surface area (Å²) in [5.41, 5.74) is 2.14. The Morgan fingerprint density at radius 3 is 3.09 bits per heavy atom. The minimum absolute atomic E-state index is 0.605. The summed E-state index contributed by atoms with van der Waals surface area (Å²) in [6.07, 6.45) is 7.14. The van der Waals surface area contributed by atoms with Crippen LogP contribution in [0.4, 0.5) is 0 Å². The fraction of sp³-hybridized carbons (Fsp3) is 0.647. The van der Waals surface area contributed by atoms with E-state index in [1.54, 1.807) is 0 Å². The molecule has 2 unspecified atom stereocenters. The molecule has 2 atom stereocenters. The van der Waals surface area contributed by atoms with Gasteiger partial charge in [-0.15, -0.1) is 0 Å². The highest BCUT2D eigenvalue weighted by Crippen LogP contribution is 2.34. The fourth-order valence-corrected chi connectivity index (χ4v) is 5.01. The summed E-state index contributed by atoms with van der Waals surface area (Å²) >= 11 is 2.06. The van der Waals surface area contributed by atoms with Gasteiger partial charge in [0.15, 0.2) is 5.65 Å². The molecular weight excluding hydrogens is 292 g/mol. The van der Waals surface area contributed by atoms with Gasteiger partial charge in [-0.25, -0.2) is 9.97 Å². The van der Waals surface area contributed by atoms with Crippen molar-refractivity contribution < 1.29 is 0 Å². The number of aromatic nitrogens is 3. The van der Waals surface area contributed by atoms with Crippen LogP contribution in [0.25, 0.3) is 11.2 Å². The highest BCUT2D eigenvalue weighted by molar-refractivity contribution is 7.99. The first-order valence-corrected chi connectivity index (χ1v) is 9.57. The zero-order valence-electron chi connectivity index (χ0n) is 13.2. The van der Waals surface area contributed by atoms with Crippen molar-refractivity contribution >= 4 is 22.9 Å². The number of thioether (sulfide) groups is 1. The molecule has 118 valence electrons. The van der Waals surface area contributed by atoms with Crippen LogP contribution in [-0.4, -0.2) is 50.6 Å². The summed E-state index contributed by atoms with van der Waals surface area (Å²) in [7, 11) is 2.27. The van der Waals surface area contributed by atoms with Crippen molar-refractivity contribution in [2.24, 2.45) is 0 Å². The van der Waals surface area contributed by atoms with Gasteiger partial charge in [0.2, 0.25) is 0 Å². The molecule has 2 aliphatic rings. The fourth-order valence-electron chi connectivity index (χ4n) is 3.79. The summed E-state index contributed by atoms with van der Waals surface area (Å²) in [5.74, 6) is 4.36. The Morgan fingerprint density at radius 2 is 2.27 bits per heavy atom. The zero-order valence-corrected chi connectivity index (χ0v) is 14.1. The highest BCUT2D eigenvalue weighted by Gasteiger charge is 2.27. The normalized spacial score (nSPS) is 26.8. The number of fused-ring (bicyclic) bond motifs is 1. The Kier molecular flexibility index (Phi) is 4.09. The van der Waals surface area contributed by atoms with Gasteiger partial charge >= 0.3 is 0 Å². The number of imidazole rings is 1. The Hall–Kier alpha value is -1.07. The van der Waals surface area contributed by atoms with Crippen molar-refractivity contribution in [3.63, 3.8) is 0 Å². The molecule has 0 aromatic carbocycles. The first-order valence-electron chi connectivity index (χ1n) is 8.42. The number of rotatable bonds is 3. The third-order valence-electron chi connectivity index (χ3n) is 5.14. The molecule has 0 N–H and O–H groups in total. The van der Waals surface area contributed by atoms with E-state index in [1.165, 1.54) is 49.6 Å². The van der Waals surface area contributed by atoms with Gasteiger partial charge in [-0.05, 0) is 50.7 Å². The average molecular weight is 316 g/mol. The largest absolute Gasteiger partial charge is 0.311 e. The van der Waals surface area contributed by atoms with Gasteiger partial charge in [-0.3, -0.25) is 0 Å². The highest BCUT2D eigenvalue weighted by atomic mass is 32.2. The molecule has 0 bridgehead atoms. The summed E-state index contributed by atoms with van der Waals surface area (Å²) in [4.78, 5) is 12.1. The Balaban J connectivity index is 1.71. The van der Waals surface area contributed by atoms with Crippen LogP contribution in [0.15, 0.2) is 18.3 Å². The molecule has 2 aromatic rings. The lowest BCUT2D eigenvalue weighted by atomic mass is 10.0. The molecule has 0 saturated carbocycles. The summed E-state index contributed by atoms with van der Waals surface area (Å²) in [6, 6.07) is 4.73. The van der Waals surface area contributed by atoms with Crippen molar-refractivity contribution in [1.29, 1.82) is 0 Å². The summed E-state index contributed by atoms with van der Waals surface area (Å²) < 4.78 is 2.43. The van der Waals surface area contributed by atoms with Gasteiger partial charge in [-0.1, -0.05) is 6.42 Å². The number of pyridine rings is 1. The number of hydrogen-bond acceptors (Lipinski definition) is 4. The number of piperidine rings is 1. The predicted octanol–water partition coefficient (Wildman–Crippen LogP) is 3.14. The predicted molar refractivity (Wildman–Crippen MR) is 92.5 cm³/mol. The molecule has 0 amide bonds. The van der Waals surface area contributed by atoms with E-state index in [2.05, 4.69) is 39.3 Å². The van der Waals surface area contributed by atoms with Crippen molar-refractivity contribution in [3.05, 3.63) is 24.2 Å². The summed E-state index contributed by atoms with van der Waals surface area (Å²) in [5, 5.41) is 0. The average Bonchev–Trinajstić information content (AvgIpc) is 3.17. The van der Waals surface area contributed by atoms with E-state index in [-0.39, 0.29) is 0 Å². The molecule has 0 aliphatic carbocycles. The maximum Gasteiger partial charge on any atom is 0.160 e. The van der Waals surface area contributed by atoms with E-state index in [9.17, 15) is 0 Å². The molecular formula is C17H24N4S. The second-order valence-corrected chi connectivity index (χ2v) is 7.77. The molecule has 5 heteroatoms. The molecule has 2 aromatic heterocycles. The summed E-state index contributed by atoms with van der Waals surface area (Å²) in [6.45, 7) is 2.26. The number of hydrogen-bond donors (Lipinski definition) is 0. The third kappa shape index (κ3) is 2.65. The second kappa shape index (κ2) is 6.20. The third-order valence-corrected chi connectivity index (χ3v) is 6.31. The van der Waals surface area contributed by atoms with Gasteiger partial charge in [0, 0.05) is 30.5 Å². The number of likely N-dealkylation sites (N-methyl/N-ethyl adjacent to an activating group) is 1. The van der Waals surface area contributed by atoms with E-state index in [4.69, 9.17) is 4.98 Å². The van der Waals surface area contributed by atoms with Crippen LogP contribution in [0.5, 0.6) is 0 Å². The quantitative estimate of drug-likeness (QED) is 0.871. The van der Waals surface area contributed by atoms with E-state index < -0.39 is 0 Å². The first kappa shape index (κ1) is 14.5. The standard InChI is InChI=1S/C17H24N4S/c1-20-9-3-2-5-14(20)11-21-16(13-7-10-22-12-13)19-15-6-4-8-18-17(15)21/h4,6,8,13-14H,2-3,5,7,9-12H2,1H3. The van der Waals surface area contributed by atoms with Gasteiger partial charge in [0.25, 0.3) is 0 Å². The monoisotopic (exact) mass is 316 g/mol. The molecule has 0 spiro atoms. The molecule has 2 fully saturated rings.